The van der Waals surface area contributed by atoms with Gasteiger partial charge in [0.1, 0.15) is 16.1 Å². The van der Waals surface area contributed by atoms with Crippen molar-refractivity contribution in [1.82, 2.24) is 4.57 Å². The van der Waals surface area contributed by atoms with Gasteiger partial charge in [-0.05, 0) is 55.3 Å². The molecule has 0 saturated heterocycles. The molecule has 5 aromatic rings. The molecule has 0 bridgehead atoms. The van der Waals surface area contributed by atoms with Crippen LogP contribution in [0.3, 0.4) is 0 Å². The van der Waals surface area contributed by atoms with E-state index in [1.165, 1.54) is 44.3 Å². The molecule has 1 aliphatic rings. The Morgan fingerprint density at radius 1 is 0.864 bits per heavy atom. The van der Waals surface area contributed by atoms with Crippen LogP contribution >= 0.6 is 22.7 Å². The summed E-state index contributed by atoms with van der Waals surface area (Å²) in [5, 5.41) is 1.10. The zero-order valence-corrected chi connectivity index (χ0v) is 28.0. The number of halogens is 1. The third kappa shape index (κ3) is 6.13. The van der Waals surface area contributed by atoms with Crippen LogP contribution in [-0.2, 0) is 13.1 Å². The van der Waals surface area contributed by atoms with Gasteiger partial charge in [0.25, 0.3) is 10.6 Å². The Morgan fingerprint density at radius 3 is 2.23 bits per heavy atom. The maximum absolute atomic E-state index is 13.7. The van der Waals surface area contributed by atoms with E-state index in [9.17, 15) is 4.79 Å². The van der Waals surface area contributed by atoms with Gasteiger partial charge in [0.15, 0.2) is 0 Å². The molecule has 0 spiro atoms. The van der Waals surface area contributed by atoms with Crippen molar-refractivity contribution in [3.05, 3.63) is 146 Å². The molecule has 7 heteroatoms. The largest absolute Gasteiger partial charge is 1.00 e. The van der Waals surface area contributed by atoms with E-state index >= 15 is 0 Å². The van der Waals surface area contributed by atoms with Crippen molar-refractivity contribution in [2.75, 3.05) is 11.4 Å². The Kier molecular flexibility index (Phi) is 10.1. The molecule has 0 unspecified atom stereocenters. The van der Waals surface area contributed by atoms with Gasteiger partial charge >= 0.3 is 0 Å². The summed E-state index contributed by atoms with van der Waals surface area (Å²) in [7, 11) is 0. The van der Waals surface area contributed by atoms with E-state index in [1.807, 2.05) is 10.6 Å². The maximum Gasteiger partial charge on any atom is 0.269 e. The summed E-state index contributed by atoms with van der Waals surface area (Å²) in [5.74, 6) is 0. The third-order valence-corrected chi connectivity index (χ3v) is 9.82. The van der Waals surface area contributed by atoms with Gasteiger partial charge in [-0.25, -0.2) is 0 Å². The Balaban J connectivity index is 0.00000384. The molecule has 3 aromatic carbocycles. The molecule has 4 nitrogen and oxygen atoms in total. The molecular weight excluding hydrogens is 646 g/mol. The highest BCUT2D eigenvalue weighted by atomic mass is 79.9. The number of hydrogen-bond acceptors (Lipinski definition) is 4. The number of thiazole rings is 2. The van der Waals surface area contributed by atoms with E-state index in [4.69, 9.17) is 0 Å². The Hall–Kier alpha value is -4.04. The fourth-order valence-electron chi connectivity index (χ4n) is 5.49. The van der Waals surface area contributed by atoms with E-state index in [2.05, 4.69) is 139 Å². The molecule has 0 fully saturated rings. The average molecular weight is 681 g/mol. The SMILES string of the molecule is C=CCn1c(=O)c(=CC=C2C=CN(CC)c3ccccc32)s/c1=C\c1sc(-c2ccccc2)c(-c2ccccc2)[n+]1CC.[Br-]. The third-order valence-electron chi connectivity index (χ3n) is 7.57. The Morgan fingerprint density at radius 2 is 1.55 bits per heavy atom. The highest BCUT2D eigenvalue weighted by Crippen LogP contribution is 2.36. The van der Waals surface area contributed by atoms with Crippen molar-refractivity contribution in [3.63, 3.8) is 0 Å². The van der Waals surface area contributed by atoms with Gasteiger partial charge in [0.2, 0.25) is 5.69 Å². The summed E-state index contributed by atoms with van der Waals surface area (Å²) in [6.45, 7) is 10.4. The fourth-order valence-corrected chi connectivity index (χ4v) is 7.85. The predicted molar refractivity (Wildman–Crippen MR) is 184 cm³/mol. The molecule has 44 heavy (non-hydrogen) atoms. The van der Waals surface area contributed by atoms with Gasteiger partial charge in [0.05, 0.1) is 10.6 Å². The lowest BCUT2D eigenvalue weighted by molar-refractivity contribution is -0.679. The van der Waals surface area contributed by atoms with E-state index in [-0.39, 0.29) is 22.5 Å². The number of nitrogens with zero attached hydrogens (tertiary/aromatic N) is 3. The number of rotatable bonds is 8. The Labute approximate surface area is 277 Å². The second-order valence-electron chi connectivity index (χ2n) is 10.2. The molecular formula is C37H34BrN3OS2. The topological polar surface area (TPSA) is 29.1 Å². The standard InChI is InChI=1S/C37H34N3OS2.BrH/c1-4-24-40-34(42-32(37(40)41)22-21-27-23-25-38(5-2)31-20-14-13-19-30(27)31)26-33-39(6-3)35(28-15-9-7-10-16-28)36(43-33)29-17-11-8-12-18-29;/h4,7-23,25-26H,1,5-6,24H2,2-3H3;1H/q+1;/p-1. The average Bonchev–Trinajstić information content (AvgIpc) is 3.57. The van der Waals surface area contributed by atoms with Crippen molar-refractivity contribution < 1.29 is 21.5 Å². The van der Waals surface area contributed by atoms with Crippen LogP contribution in [0.5, 0.6) is 0 Å². The molecule has 2 aromatic heterocycles. The van der Waals surface area contributed by atoms with E-state index in [1.54, 1.807) is 17.4 Å². The van der Waals surface area contributed by atoms with Crippen molar-refractivity contribution in [3.8, 4) is 21.7 Å². The smallest absolute Gasteiger partial charge is 0.269 e. The minimum absolute atomic E-state index is 0. The van der Waals surface area contributed by atoms with Gasteiger partial charge in [-0.3, -0.25) is 9.36 Å². The van der Waals surface area contributed by atoms with Gasteiger partial charge in [-0.1, -0.05) is 90.2 Å². The van der Waals surface area contributed by atoms with Gasteiger partial charge in [-0.2, -0.15) is 4.57 Å². The summed E-state index contributed by atoms with van der Waals surface area (Å²) < 4.78 is 5.80. The molecule has 0 amide bonds. The minimum atomic E-state index is 0. The maximum atomic E-state index is 13.7. The zero-order chi connectivity index (χ0) is 29.8. The quantitative estimate of drug-likeness (QED) is 0.184. The van der Waals surface area contributed by atoms with Crippen LogP contribution in [0.2, 0.25) is 0 Å². The van der Waals surface area contributed by atoms with E-state index in [0.29, 0.717) is 11.1 Å². The molecule has 3 heterocycles. The van der Waals surface area contributed by atoms with Crippen LogP contribution in [0.1, 0.15) is 24.4 Å². The first-order chi connectivity index (χ1) is 21.1. The summed E-state index contributed by atoms with van der Waals surface area (Å²) in [4.78, 5) is 17.1. The lowest BCUT2D eigenvalue weighted by Crippen LogP contribution is -3.00. The minimum Gasteiger partial charge on any atom is -1.00 e. The van der Waals surface area contributed by atoms with Gasteiger partial charge < -0.3 is 21.9 Å². The molecule has 6 rings (SSSR count). The lowest BCUT2D eigenvalue weighted by atomic mass is 9.99. The van der Waals surface area contributed by atoms with Crippen LogP contribution < -0.4 is 41.2 Å². The first-order valence-corrected chi connectivity index (χ1v) is 16.2. The summed E-state index contributed by atoms with van der Waals surface area (Å²) in [5.41, 5.74) is 7.00. The van der Waals surface area contributed by atoms with Crippen molar-refractivity contribution in [2.24, 2.45) is 0 Å². The van der Waals surface area contributed by atoms with Crippen molar-refractivity contribution in [2.45, 2.75) is 26.9 Å². The van der Waals surface area contributed by atoms with Crippen LogP contribution in [0.4, 0.5) is 5.69 Å². The first kappa shape index (κ1) is 31.4. The van der Waals surface area contributed by atoms with Gasteiger partial charge in [-0.15, -0.1) is 17.9 Å². The van der Waals surface area contributed by atoms with Crippen LogP contribution in [0.15, 0.2) is 121 Å². The summed E-state index contributed by atoms with van der Waals surface area (Å²) in [6.07, 6.45) is 12.2. The molecule has 0 aliphatic carbocycles. The number of para-hydroxylation sites is 1. The van der Waals surface area contributed by atoms with E-state index in [0.717, 1.165) is 28.3 Å². The second kappa shape index (κ2) is 14.2. The number of benzene rings is 3. The number of anilines is 1. The van der Waals surface area contributed by atoms with Crippen LogP contribution in [0.25, 0.3) is 39.4 Å². The monoisotopic (exact) mass is 679 g/mol. The normalized spacial score (nSPS) is 14.1. The van der Waals surface area contributed by atoms with E-state index < -0.39 is 0 Å². The first-order valence-electron chi connectivity index (χ1n) is 14.6. The summed E-state index contributed by atoms with van der Waals surface area (Å²) in [6, 6.07) is 29.5. The number of fused-ring (bicyclic) bond motifs is 1. The molecule has 0 atom stereocenters. The van der Waals surface area contributed by atoms with Crippen molar-refractivity contribution >= 4 is 46.1 Å². The summed E-state index contributed by atoms with van der Waals surface area (Å²) >= 11 is 3.29. The van der Waals surface area contributed by atoms with Crippen LogP contribution in [0, 0.1) is 0 Å². The van der Waals surface area contributed by atoms with Crippen molar-refractivity contribution in [1.29, 1.82) is 0 Å². The number of allylic oxidation sites excluding steroid dienone is 4. The molecule has 1 aliphatic heterocycles. The Bertz CT molecular complexity index is 2020. The highest BCUT2D eigenvalue weighted by molar-refractivity contribution is 7.16. The molecule has 222 valence electrons. The lowest BCUT2D eigenvalue weighted by Gasteiger charge is -2.26. The van der Waals surface area contributed by atoms with Crippen LogP contribution in [-0.4, -0.2) is 11.1 Å². The van der Waals surface area contributed by atoms with Gasteiger partial charge in [0, 0.05) is 36.1 Å². The highest BCUT2D eigenvalue weighted by Gasteiger charge is 2.27. The molecule has 0 radical (unpaired) electrons. The fraction of sp³-hybridized carbons (Fsp3) is 0.135. The second-order valence-corrected chi connectivity index (χ2v) is 12.2. The number of hydrogen-bond donors (Lipinski definition) is 0. The molecule has 0 saturated carbocycles. The zero-order valence-electron chi connectivity index (χ0n) is 24.8. The molecule has 0 N–H and O–H groups in total. The predicted octanol–water partition coefficient (Wildman–Crippen LogP) is 3.85. The number of aromatic nitrogens is 2.